The van der Waals surface area contributed by atoms with Gasteiger partial charge in [0.2, 0.25) is 0 Å². The van der Waals surface area contributed by atoms with Gasteiger partial charge in [0.15, 0.2) is 6.10 Å². The number of rotatable bonds is 27. The first kappa shape index (κ1) is 38.3. The summed E-state index contributed by atoms with van der Waals surface area (Å²) in [6.07, 6.45) is 29.5. The molecule has 0 saturated heterocycles. The van der Waals surface area contributed by atoms with Crippen molar-refractivity contribution in [1.29, 1.82) is 0 Å². The van der Waals surface area contributed by atoms with E-state index < -0.39 is 32.5 Å². The van der Waals surface area contributed by atoms with Crippen LogP contribution in [0, 0.1) is 0 Å². The lowest BCUT2D eigenvalue weighted by molar-refractivity contribution is -0.161. The third-order valence-corrected chi connectivity index (χ3v) is 6.65. The molecule has 0 rings (SSSR count). The molecule has 232 valence electrons. The van der Waals surface area contributed by atoms with E-state index in [0.717, 1.165) is 64.2 Å². The molecule has 0 aromatic rings. The summed E-state index contributed by atoms with van der Waals surface area (Å²) >= 11 is 0. The highest BCUT2D eigenvalue weighted by Crippen LogP contribution is 2.35. The Morgan fingerprint density at radius 1 is 0.650 bits per heavy atom. The molecular weight excluding hydrogens is 531 g/mol. The molecule has 0 radical (unpaired) electrons. The highest BCUT2D eigenvalue weighted by atomic mass is 31.2. The average molecular weight is 587 g/mol. The van der Waals surface area contributed by atoms with Crippen LogP contribution in [0.15, 0.2) is 36.5 Å². The molecule has 9 heteroatoms. The first-order valence-electron chi connectivity index (χ1n) is 15.3. The highest BCUT2D eigenvalue weighted by Gasteiger charge is 2.22. The minimum atomic E-state index is -4.73. The Bertz CT molecular complexity index is 756. The summed E-state index contributed by atoms with van der Waals surface area (Å²) in [5, 5.41) is 0. The predicted octanol–water partition coefficient (Wildman–Crippen LogP) is 8.28. The lowest BCUT2D eigenvalue weighted by atomic mass is 10.1. The fourth-order valence-electron chi connectivity index (χ4n) is 3.85. The fourth-order valence-corrected chi connectivity index (χ4v) is 4.21. The smallest absolute Gasteiger partial charge is 0.462 e. The molecule has 0 fully saturated rings. The van der Waals surface area contributed by atoms with Crippen molar-refractivity contribution in [2.75, 3.05) is 13.2 Å². The zero-order valence-corrected chi connectivity index (χ0v) is 25.9. The molecule has 2 N–H and O–H groups in total. The monoisotopic (exact) mass is 586 g/mol. The van der Waals surface area contributed by atoms with E-state index in [1.54, 1.807) is 0 Å². The molecule has 0 aliphatic carbocycles. The van der Waals surface area contributed by atoms with E-state index in [0.29, 0.717) is 12.8 Å². The maximum absolute atomic E-state index is 12.2. The highest BCUT2D eigenvalue weighted by molar-refractivity contribution is 7.46. The average Bonchev–Trinajstić information content (AvgIpc) is 2.91. The van der Waals surface area contributed by atoms with Crippen LogP contribution in [0.5, 0.6) is 0 Å². The van der Waals surface area contributed by atoms with E-state index in [4.69, 9.17) is 19.3 Å². The van der Waals surface area contributed by atoms with E-state index in [-0.39, 0.29) is 19.4 Å². The van der Waals surface area contributed by atoms with Crippen LogP contribution >= 0.6 is 7.82 Å². The minimum Gasteiger partial charge on any atom is -0.462 e. The third-order valence-electron chi connectivity index (χ3n) is 6.16. The number of hydrogen-bond acceptors (Lipinski definition) is 6. The number of allylic oxidation sites excluding steroid dienone is 6. The van der Waals surface area contributed by atoms with Crippen LogP contribution in [0.1, 0.15) is 129 Å². The molecule has 0 spiro atoms. The van der Waals surface area contributed by atoms with Crippen molar-refractivity contribution in [1.82, 2.24) is 0 Å². The molecule has 0 heterocycles. The summed E-state index contributed by atoms with van der Waals surface area (Å²) in [7, 11) is -4.73. The van der Waals surface area contributed by atoms with Crippen LogP contribution in [0.25, 0.3) is 0 Å². The standard InChI is InChI=1S/C31H55O8P/c1-3-5-7-8-9-10-11-12-13-14-15-16-17-18-19-20-21-22-24-26-31(33)39-29(28-38-40(34,35)36)27-37-30(32)25-23-6-4-2/h9-10,12-13,15-16,29H,3-8,11,14,17-28H2,1-2H3,(H2,34,35,36)/b10-9-,13-12-,16-15-. The minimum absolute atomic E-state index is 0.196. The van der Waals surface area contributed by atoms with E-state index in [1.165, 1.54) is 25.7 Å². The molecule has 0 amide bonds. The Morgan fingerprint density at radius 2 is 1.12 bits per heavy atom. The van der Waals surface area contributed by atoms with Crippen molar-refractivity contribution in [3.8, 4) is 0 Å². The predicted molar refractivity (Wildman–Crippen MR) is 161 cm³/mol. The number of phosphoric ester groups is 1. The number of unbranched alkanes of at least 4 members (excludes halogenated alkanes) is 11. The molecule has 1 unspecified atom stereocenters. The van der Waals surface area contributed by atoms with Gasteiger partial charge in [-0.15, -0.1) is 0 Å². The third kappa shape index (κ3) is 29.3. The number of carbonyl (C=O) groups is 2. The maximum Gasteiger partial charge on any atom is 0.469 e. The maximum atomic E-state index is 12.2. The number of esters is 2. The molecule has 40 heavy (non-hydrogen) atoms. The molecule has 0 bridgehead atoms. The Balaban J connectivity index is 3.91. The van der Waals surface area contributed by atoms with E-state index in [1.807, 2.05) is 6.92 Å². The second-order valence-electron chi connectivity index (χ2n) is 10.1. The molecule has 0 aromatic heterocycles. The van der Waals surface area contributed by atoms with Gasteiger partial charge in [-0.05, 0) is 51.4 Å². The fraction of sp³-hybridized carbons (Fsp3) is 0.742. The van der Waals surface area contributed by atoms with Gasteiger partial charge in [0, 0.05) is 12.8 Å². The van der Waals surface area contributed by atoms with Crippen LogP contribution in [-0.4, -0.2) is 41.0 Å². The van der Waals surface area contributed by atoms with Gasteiger partial charge >= 0.3 is 19.8 Å². The van der Waals surface area contributed by atoms with Gasteiger partial charge in [-0.25, -0.2) is 4.57 Å². The van der Waals surface area contributed by atoms with E-state index >= 15 is 0 Å². The summed E-state index contributed by atoms with van der Waals surface area (Å²) in [5.41, 5.74) is 0. The number of phosphoric acid groups is 1. The molecule has 1 atom stereocenters. The van der Waals surface area contributed by atoms with Crippen molar-refractivity contribution < 1.29 is 37.9 Å². The lowest BCUT2D eigenvalue weighted by Crippen LogP contribution is -2.29. The van der Waals surface area contributed by atoms with E-state index in [2.05, 4.69) is 47.9 Å². The van der Waals surface area contributed by atoms with Gasteiger partial charge in [0.05, 0.1) is 6.61 Å². The van der Waals surface area contributed by atoms with Crippen LogP contribution < -0.4 is 0 Å². The van der Waals surface area contributed by atoms with E-state index in [9.17, 15) is 14.2 Å². The zero-order valence-electron chi connectivity index (χ0n) is 25.0. The zero-order chi connectivity index (χ0) is 29.7. The molecule has 0 aliphatic heterocycles. The molecule has 0 saturated carbocycles. The van der Waals surface area contributed by atoms with Crippen molar-refractivity contribution in [3.05, 3.63) is 36.5 Å². The number of hydrogen-bond donors (Lipinski definition) is 2. The quantitative estimate of drug-likeness (QED) is 0.0427. The van der Waals surface area contributed by atoms with Gasteiger partial charge in [0.25, 0.3) is 0 Å². The van der Waals surface area contributed by atoms with Gasteiger partial charge in [-0.1, -0.05) is 102 Å². The summed E-state index contributed by atoms with van der Waals surface area (Å²) in [6.45, 7) is 3.41. The summed E-state index contributed by atoms with van der Waals surface area (Å²) in [6, 6.07) is 0. The SMILES string of the molecule is CCCCC/C=C\C/C=C\C/C=C\CCCCCCCCC(=O)OC(COC(=O)CCCCC)COP(=O)(O)O. The lowest BCUT2D eigenvalue weighted by Gasteiger charge is -2.18. The van der Waals surface area contributed by atoms with Crippen molar-refractivity contribution in [3.63, 3.8) is 0 Å². The molecule has 0 aliphatic rings. The van der Waals surface area contributed by atoms with Crippen LogP contribution in [0.3, 0.4) is 0 Å². The normalized spacial score (nSPS) is 13.0. The van der Waals surface area contributed by atoms with Crippen LogP contribution in [0.4, 0.5) is 0 Å². The number of carbonyl (C=O) groups excluding carboxylic acids is 2. The Hall–Kier alpha value is -1.73. The molecule has 8 nitrogen and oxygen atoms in total. The second-order valence-corrected chi connectivity index (χ2v) is 11.3. The summed E-state index contributed by atoms with van der Waals surface area (Å²) in [4.78, 5) is 41.9. The topological polar surface area (TPSA) is 119 Å². The van der Waals surface area contributed by atoms with Crippen molar-refractivity contribution >= 4 is 19.8 Å². The second kappa shape index (κ2) is 27.4. The first-order valence-corrected chi connectivity index (χ1v) is 16.8. The van der Waals surface area contributed by atoms with Gasteiger partial charge < -0.3 is 19.3 Å². The first-order chi connectivity index (χ1) is 19.3. The Labute approximate surface area is 242 Å². The Morgan fingerprint density at radius 3 is 1.73 bits per heavy atom. The van der Waals surface area contributed by atoms with Gasteiger partial charge in [-0.3, -0.25) is 14.1 Å². The summed E-state index contributed by atoms with van der Waals surface area (Å²) < 4.78 is 25.8. The van der Waals surface area contributed by atoms with Gasteiger partial charge in [-0.2, -0.15) is 0 Å². The van der Waals surface area contributed by atoms with Crippen molar-refractivity contribution in [2.45, 2.75) is 136 Å². The molecular formula is C31H55O8P. The molecule has 0 aromatic carbocycles. The van der Waals surface area contributed by atoms with Crippen LogP contribution in [-0.2, 0) is 28.2 Å². The Kier molecular flexibility index (Phi) is 26.3. The van der Waals surface area contributed by atoms with Crippen molar-refractivity contribution in [2.24, 2.45) is 0 Å². The summed E-state index contributed by atoms with van der Waals surface area (Å²) in [5.74, 6) is -0.932. The largest absolute Gasteiger partial charge is 0.469 e. The van der Waals surface area contributed by atoms with Crippen LogP contribution in [0.2, 0.25) is 0 Å². The number of ether oxygens (including phenoxy) is 2. The van der Waals surface area contributed by atoms with Gasteiger partial charge in [0.1, 0.15) is 6.61 Å².